The molecule has 0 aliphatic carbocycles. The second kappa shape index (κ2) is 5.17. The molecule has 1 aromatic carbocycles. The van der Waals surface area contributed by atoms with Gasteiger partial charge in [-0.3, -0.25) is 14.9 Å². The Balaban J connectivity index is 1.95. The first-order valence-electron chi connectivity index (χ1n) is 7.01. The van der Waals surface area contributed by atoms with Crippen molar-refractivity contribution in [2.75, 3.05) is 0 Å². The minimum atomic E-state index is -0.331. The average molecular weight is 306 g/mol. The van der Waals surface area contributed by atoms with Crippen LogP contribution in [0.15, 0.2) is 65.7 Å². The van der Waals surface area contributed by atoms with Gasteiger partial charge in [-0.2, -0.15) is 0 Å². The van der Waals surface area contributed by atoms with Crippen LogP contribution in [0, 0.1) is 5.82 Å². The maximum atomic E-state index is 13.1. The van der Waals surface area contributed by atoms with E-state index in [0.717, 1.165) is 11.3 Å². The van der Waals surface area contributed by atoms with E-state index in [1.54, 1.807) is 24.5 Å². The summed E-state index contributed by atoms with van der Waals surface area (Å²) in [6.07, 6.45) is 3.38. The molecule has 0 saturated carbocycles. The molecule has 5 nitrogen and oxygen atoms in total. The van der Waals surface area contributed by atoms with Crippen molar-refractivity contribution in [1.82, 2.24) is 19.6 Å². The number of rotatable bonds is 2. The summed E-state index contributed by atoms with van der Waals surface area (Å²) in [7, 11) is 0. The fourth-order valence-corrected chi connectivity index (χ4v) is 2.46. The molecule has 0 amide bonds. The van der Waals surface area contributed by atoms with Gasteiger partial charge < -0.3 is 0 Å². The molecule has 0 fully saturated rings. The van der Waals surface area contributed by atoms with Gasteiger partial charge in [0.15, 0.2) is 5.65 Å². The Hall–Kier alpha value is -3.28. The van der Waals surface area contributed by atoms with E-state index in [9.17, 15) is 9.18 Å². The zero-order chi connectivity index (χ0) is 15.8. The number of pyridine rings is 1. The van der Waals surface area contributed by atoms with Gasteiger partial charge in [-0.25, -0.2) is 13.9 Å². The Morgan fingerprint density at radius 1 is 1.04 bits per heavy atom. The molecule has 3 aromatic heterocycles. The first-order chi connectivity index (χ1) is 11.2. The largest absolute Gasteiger partial charge is 0.296 e. The third kappa shape index (κ3) is 2.30. The SMILES string of the molecule is O=c1cc(-c2ccc(F)cc2)nc2c(-c3ccccn3)c[nH]n12. The molecule has 4 rings (SSSR count). The van der Waals surface area contributed by atoms with Gasteiger partial charge in [0, 0.05) is 24.0 Å². The van der Waals surface area contributed by atoms with Gasteiger partial charge in [0.1, 0.15) is 5.82 Å². The van der Waals surface area contributed by atoms with Gasteiger partial charge in [0.25, 0.3) is 5.56 Å². The number of benzene rings is 1. The second-order valence-electron chi connectivity index (χ2n) is 5.05. The predicted molar refractivity (Wildman–Crippen MR) is 84.4 cm³/mol. The van der Waals surface area contributed by atoms with Crippen LogP contribution in [0.4, 0.5) is 4.39 Å². The molecule has 112 valence electrons. The van der Waals surface area contributed by atoms with Crippen LogP contribution in [0.1, 0.15) is 0 Å². The topological polar surface area (TPSA) is 63.0 Å². The molecule has 0 unspecified atom stereocenters. The van der Waals surface area contributed by atoms with Gasteiger partial charge in [-0.05, 0) is 36.4 Å². The first-order valence-corrected chi connectivity index (χ1v) is 7.01. The van der Waals surface area contributed by atoms with Gasteiger partial charge in [0.05, 0.1) is 17.0 Å². The summed E-state index contributed by atoms with van der Waals surface area (Å²) < 4.78 is 14.4. The smallest absolute Gasteiger partial charge is 0.273 e. The molecule has 0 aliphatic heterocycles. The van der Waals surface area contributed by atoms with Gasteiger partial charge in [-0.15, -0.1) is 0 Å². The molecule has 0 aliphatic rings. The lowest BCUT2D eigenvalue weighted by molar-refractivity contribution is 0.628. The number of aromatic nitrogens is 4. The summed E-state index contributed by atoms with van der Waals surface area (Å²) in [5.41, 5.74) is 2.86. The van der Waals surface area contributed by atoms with Crippen molar-refractivity contribution in [1.29, 1.82) is 0 Å². The van der Waals surface area contributed by atoms with Crippen molar-refractivity contribution >= 4 is 5.65 Å². The normalized spacial score (nSPS) is 11.0. The van der Waals surface area contributed by atoms with E-state index in [4.69, 9.17) is 0 Å². The summed E-state index contributed by atoms with van der Waals surface area (Å²) in [6, 6.07) is 12.8. The van der Waals surface area contributed by atoms with Gasteiger partial charge in [0.2, 0.25) is 0 Å². The lowest BCUT2D eigenvalue weighted by Crippen LogP contribution is -2.14. The number of H-pyrrole nitrogens is 1. The Labute approximate surface area is 130 Å². The number of hydrogen-bond acceptors (Lipinski definition) is 3. The summed E-state index contributed by atoms with van der Waals surface area (Å²) >= 11 is 0. The van der Waals surface area contributed by atoms with E-state index in [2.05, 4.69) is 15.1 Å². The number of aromatic amines is 1. The number of hydrogen-bond donors (Lipinski definition) is 1. The number of halogens is 1. The van der Waals surface area contributed by atoms with Crippen LogP contribution < -0.4 is 5.56 Å². The molecule has 6 heteroatoms. The summed E-state index contributed by atoms with van der Waals surface area (Å²) in [6.45, 7) is 0. The zero-order valence-electron chi connectivity index (χ0n) is 11.9. The molecule has 0 atom stereocenters. The number of nitrogens with zero attached hydrogens (tertiary/aromatic N) is 3. The average Bonchev–Trinajstić information content (AvgIpc) is 3.01. The van der Waals surface area contributed by atoms with Crippen LogP contribution in [0.3, 0.4) is 0 Å². The van der Waals surface area contributed by atoms with Crippen molar-refractivity contribution in [3.63, 3.8) is 0 Å². The zero-order valence-corrected chi connectivity index (χ0v) is 11.9. The molecule has 23 heavy (non-hydrogen) atoms. The van der Waals surface area contributed by atoms with E-state index in [1.165, 1.54) is 22.7 Å². The van der Waals surface area contributed by atoms with Crippen molar-refractivity contribution in [2.45, 2.75) is 0 Å². The fourth-order valence-electron chi connectivity index (χ4n) is 2.46. The molecular formula is C17H11FN4O. The van der Waals surface area contributed by atoms with Gasteiger partial charge in [-0.1, -0.05) is 6.07 Å². The minimum absolute atomic E-state index is 0.239. The molecule has 1 N–H and O–H groups in total. The van der Waals surface area contributed by atoms with Crippen LogP contribution in [0.2, 0.25) is 0 Å². The van der Waals surface area contributed by atoms with Crippen molar-refractivity contribution in [3.8, 4) is 22.5 Å². The van der Waals surface area contributed by atoms with E-state index in [-0.39, 0.29) is 11.4 Å². The summed E-state index contributed by atoms with van der Waals surface area (Å²) in [5.74, 6) is -0.331. The van der Waals surface area contributed by atoms with Crippen LogP contribution >= 0.6 is 0 Å². The Kier molecular flexibility index (Phi) is 3.01. The number of fused-ring (bicyclic) bond motifs is 1. The maximum absolute atomic E-state index is 13.1. The highest BCUT2D eigenvalue weighted by molar-refractivity contribution is 5.76. The standard InChI is InChI=1S/C17H11FN4O/c18-12-6-4-11(5-7-12)15-9-16(23)22-17(21-15)13(10-20-22)14-3-1-2-8-19-14/h1-10,20H. The van der Waals surface area contributed by atoms with Crippen molar-refractivity contribution < 1.29 is 4.39 Å². The summed E-state index contributed by atoms with van der Waals surface area (Å²) in [5, 5.41) is 2.88. The second-order valence-corrected chi connectivity index (χ2v) is 5.05. The van der Waals surface area contributed by atoms with E-state index >= 15 is 0 Å². The third-order valence-corrected chi connectivity index (χ3v) is 3.58. The fraction of sp³-hybridized carbons (Fsp3) is 0. The highest BCUT2D eigenvalue weighted by Crippen LogP contribution is 2.23. The van der Waals surface area contributed by atoms with Crippen molar-refractivity contribution in [3.05, 3.63) is 77.1 Å². The maximum Gasteiger partial charge on any atom is 0.273 e. The molecule has 3 heterocycles. The Bertz CT molecular complexity index is 1040. The highest BCUT2D eigenvalue weighted by atomic mass is 19.1. The third-order valence-electron chi connectivity index (χ3n) is 3.58. The van der Waals surface area contributed by atoms with Crippen LogP contribution in [0.5, 0.6) is 0 Å². The molecule has 0 bridgehead atoms. The highest BCUT2D eigenvalue weighted by Gasteiger charge is 2.12. The minimum Gasteiger partial charge on any atom is -0.296 e. The van der Waals surface area contributed by atoms with Crippen LogP contribution in [0.25, 0.3) is 28.2 Å². The molecule has 4 aromatic rings. The lowest BCUT2D eigenvalue weighted by atomic mass is 10.1. The van der Waals surface area contributed by atoms with Crippen molar-refractivity contribution in [2.24, 2.45) is 0 Å². The van der Waals surface area contributed by atoms with E-state index in [1.807, 2.05) is 18.2 Å². The molecule has 0 spiro atoms. The van der Waals surface area contributed by atoms with Crippen LogP contribution in [-0.2, 0) is 0 Å². The number of nitrogens with one attached hydrogen (secondary N) is 1. The van der Waals surface area contributed by atoms with Crippen LogP contribution in [-0.4, -0.2) is 19.6 Å². The Morgan fingerprint density at radius 2 is 1.87 bits per heavy atom. The van der Waals surface area contributed by atoms with Gasteiger partial charge >= 0.3 is 0 Å². The van der Waals surface area contributed by atoms with E-state index in [0.29, 0.717) is 16.9 Å². The Morgan fingerprint density at radius 3 is 2.61 bits per heavy atom. The quantitative estimate of drug-likeness (QED) is 0.619. The monoisotopic (exact) mass is 306 g/mol. The first kappa shape index (κ1) is 13.4. The summed E-state index contributed by atoms with van der Waals surface area (Å²) in [4.78, 5) is 21.1. The predicted octanol–water partition coefficient (Wildman–Crippen LogP) is 2.89. The van der Waals surface area contributed by atoms with E-state index < -0.39 is 0 Å². The molecule has 0 radical (unpaired) electrons. The lowest BCUT2D eigenvalue weighted by Gasteiger charge is -2.03. The molecular weight excluding hydrogens is 295 g/mol. The molecule has 0 saturated heterocycles.